The summed E-state index contributed by atoms with van der Waals surface area (Å²) in [6, 6.07) is 10.1. The van der Waals surface area contributed by atoms with Gasteiger partial charge in [0, 0.05) is 18.3 Å². The summed E-state index contributed by atoms with van der Waals surface area (Å²) in [6.07, 6.45) is 2.79. The van der Waals surface area contributed by atoms with Gasteiger partial charge in [-0.25, -0.2) is 4.98 Å². The van der Waals surface area contributed by atoms with Crippen molar-refractivity contribution in [2.75, 3.05) is 14.2 Å². The summed E-state index contributed by atoms with van der Waals surface area (Å²) < 4.78 is 11.2. The van der Waals surface area contributed by atoms with Crippen molar-refractivity contribution >= 4 is 0 Å². The number of benzene rings is 1. The molecule has 1 unspecified atom stereocenters. The van der Waals surface area contributed by atoms with E-state index in [0.717, 1.165) is 17.7 Å². The minimum atomic E-state index is 0.268. The van der Waals surface area contributed by atoms with Crippen molar-refractivity contribution in [1.29, 1.82) is 0 Å². The summed E-state index contributed by atoms with van der Waals surface area (Å²) in [5.74, 6) is 1.96. The molecule has 21 heavy (non-hydrogen) atoms. The fourth-order valence-electron chi connectivity index (χ4n) is 2.00. The second-order valence-corrected chi connectivity index (χ2v) is 4.88. The molecular formula is C17H22N2O2. The molecule has 2 aromatic rings. The zero-order valence-electron chi connectivity index (χ0n) is 13.0. The quantitative estimate of drug-likeness (QED) is 0.879. The summed E-state index contributed by atoms with van der Waals surface area (Å²) in [4.78, 5) is 4.34. The van der Waals surface area contributed by atoms with Gasteiger partial charge < -0.3 is 14.8 Å². The third kappa shape index (κ3) is 3.73. The van der Waals surface area contributed by atoms with Gasteiger partial charge in [-0.15, -0.1) is 0 Å². The van der Waals surface area contributed by atoms with Crippen LogP contribution in [0.5, 0.6) is 17.4 Å². The highest BCUT2D eigenvalue weighted by Gasteiger charge is 2.08. The second kappa shape index (κ2) is 7.09. The van der Waals surface area contributed by atoms with E-state index in [-0.39, 0.29) is 6.04 Å². The van der Waals surface area contributed by atoms with Crippen LogP contribution in [0.2, 0.25) is 0 Å². The Morgan fingerprint density at radius 2 is 2.00 bits per heavy atom. The maximum absolute atomic E-state index is 5.81. The fraction of sp³-hybridized carbons (Fsp3) is 0.353. The molecule has 1 N–H and O–H groups in total. The first-order chi connectivity index (χ1) is 10.2. The van der Waals surface area contributed by atoms with Gasteiger partial charge in [-0.2, -0.15) is 0 Å². The average Bonchev–Trinajstić information content (AvgIpc) is 2.55. The first-order valence-electron chi connectivity index (χ1n) is 7.16. The Kier molecular flexibility index (Phi) is 5.17. The number of ether oxygens (including phenoxy) is 2. The van der Waals surface area contributed by atoms with E-state index in [1.54, 1.807) is 7.11 Å². The highest BCUT2D eigenvalue weighted by Crippen LogP contribution is 2.31. The van der Waals surface area contributed by atoms with Crippen LogP contribution in [0.15, 0.2) is 36.5 Å². The lowest BCUT2D eigenvalue weighted by Gasteiger charge is -2.13. The molecule has 1 atom stereocenters. The molecule has 0 saturated carbocycles. The number of nitrogens with one attached hydrogen (secondary N) is 1. The first kappa shape index (κ1) is 15.3. The lowest BCUT2D eigenvalue weighted by molar-refractivity contribution is 0.373. The molecule has 4 heteroatoms. The molecular weight excluding hydrogens is 264 g/mol. The number of methoxy groups -OCH3 is 1. The number of hydrogen-bond acceptors (Lipinski definition) is 4. The minimum absolute atomic E-state index is 0.268. The van der Waals surface area contributed by atoms with Crippen molar-refractivity contribution in [2.24, 2.45) is 0 Å². The first-order valence-corrected chi connectivity index (χ1v) is 7.16. The monoisotopic (exact) mass is 286 g/mol. The van der Waals surface area contributed by atoms with Gasteiger partial charge in [0.15, 0.2) is 11.5 Å². The Morgan fingerprint density at radius 1 is 1.19 bits per heavy atom. The topological polar surface area (TPSA) is 43.4 Å². The largest absolute Gasteiger partial charge is 0.493 e. The Labute approximate surface area is 126 Å². The van der Waals surface area contributed by atoms with Gasteiger partial charge in [0.1, 0.15) is 0 Å². The SMILES string of the molecule is CCc1ccc(Oc2ccc(C(C)NC)cn2)c(OC)c1. The summed E-state index contributed by atoms with van der Waals surface area (Å²) in [5.41, 5.74) is 2.34. The van der Waals surface area contributed by atoms with E-state index in [1.165, 1.54) is 5.56 Å². The van der Waals surface area contributed by atoms with Crippen LogP contribution < -0.4 is 14.8 Å². The third-order valence-corrected chi connectivity index (χ3v) is 3.54. The Hall–Kier alpha value is -2.07. The van der Waals surface area contributed by atoms with Gasteiger partial charge in [0.25, 0.3) is 0 Å². The molecule has 0 aliphatic carbocycles. The molecule has 0 spiro atoms. The number of nitrogens with zero attached hydrogens (tertiary/aromatic N) is 1. The van der Waals surface area contributed by atoms with E-state index < -0.39 is 0 Å². The minimum Gasteiger partial charge on any atom is -0.493 e. The van der Waals surface area contributed by atoms with Crippen LogP contribution in [-0.4, -0.2) is 19.1 Å². The fourth-order valence-corrected chi connectivity index (χ4v) is 2.00. The molecule has 112 valence electrons. The van der Waals surface area contributed by atoms with E-state index >= 15 is 0 Å². The smallest absolute Gasteiger partial charge is 0.219 e. The molecule has 0 saturated heterocycles. The van der Waals surface area contributed by atoms with Crippen LogP contribution in [0, 0.1) is 0 Å². The van der Waals surface area contributed by atoms with Gasteiger partial charge >= 0.3 is 0 Å². The van der Waals surface area contributed by atoms with E-state index in [2.05, 4.69) is 24.1 Å². The molecule has 2 rings (SSSR count). The van der Waals surface area contributed by atoms with Gasteiger partial charge in [0.05, 0.1) is 7.11 Å². The molecule has 0 radical (unpaired) electrons. The van der Waals surface area contributed by atoms with E-state index in [1.807, 2.05) is 43.6 Å². The number of pyridine rings is 1. The number of aryl methyl sites for hydroxylation is 1. The molecule has 0 bridgehead atoms. The number of hydrogen-bond donors (Lipinski definition) is 1. The lowest BCUT2D eigenvalue weighted by Crippen LogP contribution is -2.12. The lowest BCUT2D eigenvalue weighted by atomic mass is 10.1. The standard InChI is InChI=1S/C17H22N2O2/c1-5-13-6-8-15(16(10-13)20-4)21-17-9-7-14(11-19-17)12(2)18-3/h6-12,18H,5H2,1-4H3. The van der Waals surface area contributed by atoms with Crippen LogP contribution in [0.3, 0.4) is 0 Å². The van der Waals surface area contributed by atoms with Crippen molar-refractivity contribution in [3.63, 3.8) is 0 Å². The van der Waals surface area contributed by atoms with Crippen LogP contribution in [0.1, 0.15) is 31.0 Å². The van der Waals surface area contributed by atoms with Crippen LogP contribution >= 0.6 is 0 Å². The zero-order valence-corrected chi connectivity index (χ0v) is 13.0. The summed E-state index contributed by atoms with van der Waals surface area (Å²) in [5, 5.41) is 3.18. The van der Waals surface area contributed by atoms with Gasteiger partial charge in [-0.05, 0) is 43.7 Å². The normalized spacial score (nSPS) is 12.0. The molecule has 1 heterocycles. The van der Waals surface area contributed by atoms with Crippen molar-refractivity contribution in [3.8, 4) is 17.4 Å². The van der Waals surface area contributed by atoms with Gasteiger partial charge in [0.2, 0.25) is 5.88 Å². The number of rotatable bonds is 6. The molecule has 0 aliphatic rings. The predicted molar refractivity (Wildman–Crippen MR) is 84.2 cm³/mol. The maximum Gasteiger partial charge on any atom is 0.219 e. The summed E-state index contributed by atoms with van der Waals surface area (Å²) >= 11 is 0. The molecule has 4 nitrogen and oxygen atoms in total. The van der Waals surface area contributed by atoms with Crippen molar-refractivity contribution in [3.05, 3.63) is 47.7 Å². The van der Waals surface area contributed by atoms with E-state index in [0.29, 0.717) is 11.6 Å². The third-order valence-electron chi connectivity index (χ3n) is 3.54. The average molecular weight is 286 g/mol. The van der Waals surface area contributed by atoms with Crippen molar-refractivity contribution in [2.45, 2.75) is 26.3 Å². The summed E-state index contributed by atoms with van der Waals surface area (Å²) in [6.45, 7) is 4.20. The second-order valence-electron chi connectivity index (χ2n) is 4.88. The Balaban J connectivity index is 2.18. The molecule has 0 amide bonds. The highest BCUT2D eigenvalue weighted by atomic mass is 16.5. The molecule has 0 aliphatic heterocycles. The highest BCUT2D eigenvalue weighted by molar-refractivity contribution is 5.44. The Morgan fingerprint density at radius 3 is 2.57 bits per heavy atom. The molecule has 1 aromatic heterocycles. The number of aromatic nitrogens is 1. The summed E-state index contributed by atoms with van der Waals surface area (Å²) in [7, 11) is 3.57. The Bertz CT molecular complexity index is 582. The van der Waals surface area contributed by atoms with E-state index in [4.69, 9.17) is 9.47 Å². The van der Waals surface area contributed by atoms with E-state index in [9.17, 15) is 0 Å². The van der Waals surface area contributed by atoms with Gasteiger partial charge in [-0.3, -0.25) is 0 Å². The molecule has 1 aromatic carbocycles. The van der Waals surface area contributed by atoms with Crippen LogP contribution in [0.4, 0.5) is 0 Å². The van der Waals surface area contributed by atoms with Crippen LogP contribution in [-0.2, 0) is 6.42 Å². The molecule has 0 fully saturated rings. The predicted octanol–water partition coefficient (Wildman–Crippen LogP) is 3.73. The van der Waals surface area contributed by atoms with Crippen LogP contribution in [0.25, 0.3) is 0 Å². The van der Waals surface area contributed by atoms with Crippen molar-refractivity contribution in [1.82, 2.24) is 10.3 Å². The van der Waals surface area contributed by atoms with Gasteiger partial charge in [-0.1, -0.05) is 19.1 Å². The zero-order chi connectivity index (χ0) is 15.2. The maximum atomic E-state index is 5.81. The van der Waals surface area contributed by atoms with Crippen molar-refractivity contribution < 1.29 is 9.47 Å².